The molecule has 0 bridgehead atoms. The molecule has 1 heterocycles. The summed E-state index contributed by atoms with van der Waals surface area (Å²) in [5, 5.41) is 6.53. The zero-order valence-electron chi connectivity index (χ0n) is 8.61. The van der Waals surface area contributed by atoms with Crippen molar-refractivity contribution in [2.45, 2.75) is 0 Å². The minimum Gasteiger partial charge on any atom is -0.307 e. The van der Waals surface area contributed by atoms with Crippen LogP contribution in [0.2, 0.25) is 0 Å². The first-order valence-corrected chi connectivity index (χ1v) is 5.46. The van der Waals surface area contributed by atoms with Crippen LogP contribution >= 0.6 is 11.5 Å². The second-order valence-corrected chi connectivity index (χ2v) is 3.79. The smallest absolute Gasteiger partial charge is 0.307 e. The number of para-hydroxylation sites is 1. The fourth-order valence-corrected chi connectivity index (χ4v) is 1.66. The zero-order valence-corrected chi connectivity index (χ0v) is 9.42. The van der Waals surface area contributed by atoms with Gasteiger partial charge in [-0.05, 0) is 12.1 Å². The van der Waals surface area contributed by atoms with Gasteiger partial charge in [-0.25, -0.2) is 9.69 Å². The van der Waals surface area contributed by atoms with Crippen molar-refractivity contribution in [3.8, 4) is 0 Å². The quantitative estimate of drug-likeness (QED) is 0.839. The Balaban J connectivity index is 2.11. The van der Waals surface area contributed by atoms with Crippen molar-refractivity contribution in [3.05, 3.63) is 36.5 Å². The number of benzene rings is 1. The fraction of sp³-hybridized carbons (Fsp3) is 0. The maximum Gasteiger partial charge on any atom is 0.333 e. The summed E-state index contributed by atoms with van der Waals surface area (Å²) >= 11 is 0.967. The molecule has 1 N–H and O–H groups in total. The minimum absolute atomic E-state index is 0.369. The standard InChI is InChI=1S/C10H8N4O2S/c15-7-14(9-6-11-13-17-9)10(16)12-8-4-2-1-3-5-8/h1-7H,(H,12,16). The molecule has 0 fully saturated rings. The van der Waals surface area contributed by atoms with Gasteiger partial charge in [0.25, 0.3) is 0 Å². The Bertz CT molecular complexity index is 500. The monoisotopic (exact) mass is 248 g/mol. The van der Waals surface area contributed by atoms with Gasteiger partial charge in [0.15, 0.2) is 0 Å². The van der Waals surface area contributed by atoms with Crippen LogP contribution in [0.4, 0.5) is 15.5 Å². The third kappa shape index (κ3) is 2.64. The molecular weight excluding hydrogens is 240 g/mol. The van der Waals surface area contributed by atoms with Gasteiger partial charge in [-0.1, -0.05) is 22.7 Å². The largest absolute Gasteiger partial charge is 0.333 e. The van der Waals surface area contributed by atoms with E-state index >= 15 is 0 Å². The first-order valence-electron chi connectivity index (χ1n) is 4.69. The third-order valence-electron chi connectivity index (χ3n) is 1.94. The van der Waals surface area contributed by atoms with Crippen LogP contribution in [0.3, 0.4) is 0 Å². The van der Waals surface area contributed by atoms with Crippen molar-refractivity contribution in [3.63, 3.8) is 0 Å². The van der Waals surface area contributed by atoms with Crippen LogP contribution in [0.1, 0.15) is 0 Å². The van der Waals surface area contributed by atoms with E-state index in [1.807, 2.05) is 6.07 Å². The molecule has 0 radical (unpaired) electrons. The number of aromatic nitrogens is 2. The SMILES string of the molecule is O=CN(C(=O)Nc1ccccc1)c1cnns1. The Kier molecular flexibility index (Phi) is 3.41. The highest BCUT2D eigenvalue weighted by Crippen LogP contribution is 2.16. The second kappa shape index (κ2) is 5.17. The molecule has 2 aromatic rings. The van der Waals surface area contributed by atoms with E-state index in [4.69, 9.17) is 0 Å². The summed E-state index contributed by atoms with van der Waals surface area (Å²) in [5.74, 6) is 0. The van der Waals surface area contributed by atoms with Crippen molar-refractivity contribution in [1.29, 1.82) is 0 Å². The lowest BCUT2D eigenvalue weighted by Gasteiger charge is -2.12. The molecule has 0 aliphatic heterocycles. The molecule has 6 nitrogen and oxygen atoms in total. The van der Waals surface area contributed by atoms with Gasteiger partial charge in [-0.15, -0.1) is 5.10 Å². The number of nitrogens with one attached hydrogen (secondary N) is 1. The number of nitrogens with zero attached hydrogens (tertiary/aromatic N) is 3. The van der Waals surface area contributed by atoms with Gasteiger partial charge < -0.3 is 5.32 Å². The molecule has 2 rings (SSSR count). The average Bonchev–Trinajstić information content (AvgIpc) is 2.85. The molecular formula is C10H8N4O2S. The summed E-state index contributed by atoms with van der Waals surface area (Å²) in [6.07, 6.45) is 1.77. The highest BCUT2D eigenvalue weighted by molar-refractivity contribution is 7.10. The number of carbonyl (C=O) groups is 2. The Hall–Kier alpha value is -2.28. The zero-order chi connectivity index (χ0) is 12.1. The highest BCUT2D eigenvalue weighted by Gasteiger charge is 2.16. The third-order valence-corrected chi connectivity index (χ3v) is 2.60. The van der Waals surface area contributed by atoms with E-state index in [1.165, 1.54) is 6.20 Å². The summed E-state index contributed by atoms with van der Waals surface area (Å²) in [6, 6.07) is 8.32. The number of urea groups is 1. The number of hydrogen-bond donors (Lipinski definition) is 1. The fourth-order valence-electron chi connectivity index (χ4n) is 1.17. The topological polar surface area (TPSA) is 75.2 Å². The van der Waals surface area contributed by atoms with Gasteiger partial charge >= 0.3 is 6.03 Å². The number of anilines is 2. The summed E-state index contributed by atoms with van der Waals surface area (Å²) in [4.78, 5) is 23.5. The summed E-state index contributed by atoms with van der Waals surface area (Å²) in [6.45, 7) is 0. The van der Waals surface area contributed by atoms with Gasteiger partial charge in [0.2, 0.25) is 6.41 Å². The molecule has 86 valence electrons. The van der Waals surface area contributed by atoms with E-state index in [0.29, 0.717) is 17.1 Å². The first kappa shape index (κ1) is 11.2. The first-order chi connectivity index (χ1) is 8.31. The minimum atomic E-state index is -0.544. The maximum absolute atomic E-state index is 11.8. The Morgan fingerprint density at radius 2 is 2.12 bits per heavy atom. The van der Waals surface area contributed by atoms with Crippen molar-refractivity contribution >= 4 is 34.7 Å². The molecule has 17 heavy (non-hydrogen) atoms. The van der Waals surface area contributed by atoms with Crippen LogP contribution in [-0.2, 0) is 4.79 Å². The normalized spacial score (nSPS) is 9.65. The van der Waals surface area contributed by atoms with Crippen LogP contribution in [0.25, 0.3) is 0 Å². The van der Waals surface area contributed by atoms with Crippen molar-refractivity contribution < 1.29 is 9.59 Å². The molecule has 0 saturated heterocycles. The second-order valence-electron chi connectivity index (χ2n) is 3.03. The van der Waals surface area contributed by atoms with Crippen LogP contribution in [0.5, 0.6) is 0 Å². The Labute approximate surface area is 101 Å². The van der Waals surface area contributed by atoms with E-state index in [0.717, 1.165) is 16.4 Å². The molecule has 3 amide bonds. The van der Waals surface area contributed by atoms with Gasteiger partial charge in [0.05, 0.1) is 6.20 Å². The number of hydrogen-bond acceptors (Lipinski definition) is 5. The number of imide groups is 1. The molecule has 0 aliphatic carbocycles. The van der Waals surface area contributed by atoms with E-state index in [2.05, 4.69) is 14.9 Å². The molecule has 0 aliphatic rings. The van der Waals surface area contributed by atoms with Crippen molar-refractivity contribution in [1.82, 2.24) is 9.59 Å². The highest BCUT2D eigenvalue weighted by atomic mass is 32.1. The van der Waals surface area contributed by atoms with E-state index in [-0.39, 0.29) is 0 Å². The van der Waals surface area contributed by atoms with Crippen LogP contribution < -0.4 is 10.2 Å². The maximum atomic E-state index is 11.8. The molecule has 1 aromatic heterocycles. The molecule has 0 unspecified atom stereocenters. The summed E-state index contributed by atoms with van der Waals surface area (Å²) < 4.78 is 3.59. The van der Waals surface area contributed by atoms with Gasteiger partial charge in [-0.2, -0.15) is 0 Å². The number of carbonyl (C=O) groups excluding carboxylic acids is 2. The average molecular weight is 248 g/mol. The number of amides is 3. The van der Waals surface area contributed by atoms with Crippen LogP contribution in [0.15, 0.2) is 36.5 Å². The molecule has 0 atom stereocenters. The Morgan fingerprint density at radius 1 is 1.35 bits per heavy atom. The lowest BCUT2D eigenvalue weighted by atomic mass is 10.3. The van der Waals surface area contributed by atoms with Crippen molar-refractivity contribution in [2.75, 3.05) is 10.2 Å². The molecule has 0 saturated carbocycles. The van der Waals surface area contributed by atoms with E-state index < -0.39 is 6.03 Å². The predicted molar refractivity (Wildman–Crippen MR) is 63.9 cm³/mol. The van der Waals surface area contributed by atoms with Crippen molar-refractivity contribution in [2.24, 2.45) is 0 Å². The van der Waals surface area contributed by atoms with Gasteiger partial charge in [0, 0.05) is 17.2 Å². The lowest BCUT2D eigenvalue weighted by Crippen LogP contribution is -2.33. The summed E-state index contributed by atoms with van der Waals surface area (Å²) in [5.41, 5.74) is 0.613. The van der Waals surface area contributed by atoms with Gasteiger partial charge in [-0.3, -0.25) is 4.79 Å². The Morgan fingerprint density at radius 3 is 2.71 bits per heavy atom. The molecule has 1 aromatic carbocycles. The van der Waals surface area contributed by atoms with E-state index in [1.54, 1.807) is 24.3 Å². The van der Waals surface area contributed by atoms with Gasteiger partial charge in [0.1, 0.15) is 5.00 Å². The van der Waals surface area contributed by atoms with E-state index in [9.17, 15) is 9.59 Å². The summed E-state index contributed by atoms with van der Waals surface area (Å²) in [7, 11) is 0. The molecule has 0 spiro atoms. The van der Waals surface area contributed by atoms with Crippen LogP contribution in [-0.4, -0.2) is 22.0 Å². The predicted octanol–water partition coefficient (Wildman–Crippen LogP) is 1.73. The molecule has 7 heteroatoms. The number of rotatable bonds is 3. The van der Waals surface area contributed by atoms with Crippen LogP contribution in [0, 0.1) is 0 Å². The lowest BCUT2D eigenvalue weighted by molar-refractivity contribution is -0.106.